The van der Waals surface area contributed by atoms with Crippen LogP contribution in [-0.2, 0) is 0 Å². The molecule has 0 fully saturated rings. The maximum atomic E-state index is 12.0. The van der Waals surface area contributed by atoms with Gasteiger partial charge in [-0.25, -0.2) is 0 Å². The van der Waals surface area contributed by atoms with Gasteiger partial charge in [-0.1, -0.05) is 6.07 Å². The smallest absolute Gasteiger partial charge is 0.258 e. The van der Waals surface area contributed by atoms with Crippen LogP contribution in [0.4, 0.5) is 17.1 Å². The van der Waals surface area contributed by atoms with Crippen molar-refractivity contribution in [3.8, 4) is 17.2 Å². The molecule has 0 spiro atoms. The number of nitrogens with one attached hydrogen (secondary N) is 2. The molecule has 1 aliphatic rings. The van der Waals surface area contributed by atoms with E-state index < -0.39 is 5.91 Å². The Morgan fingerprint density at radius 2 is 1.68 bits per heavy atom. The zero-order valence-corrected chi connectivity index (χ0v) is 9.64. The molecule has 6 heteroatoms. The number of amides is 1. The van der Waals surface area contributed by atoms with Gasteiger partial charge in [0.05, 0.1) is 16.9 Å². The second kappa shape index (κ2) is 3.81. The standard InChI is InChI=1S/C13H10N2O4/c16-6-4-8-12(10(18)5-6)15-13(19)7-2-1-3-9(17)11(7)14-8/h1-5,14,16-18H,(H,15,19). The number of hydrogen-bond acceptors (Lipinski definition) is 5. The van der Waals surface area contributed by atoms with Gasteiger partial charge >= 0.3 is 0 Å². The molecule has 1 heterocycles. The molecule has 0 radical (unpaired) electrons. The summed E-state index contributed by atoms with van der Waals surface area (Å²) in [6.07, 6.45) is 0. The third kappa shape index (κ3) is 1.70. The van der Waals surface area contributed by atoms with E-state index in [1.54, 1.807) is 12.1 Å². The van der Waals surface area contributed by atoms with Gasteiger partial charge in [0.25, 0.3) is 5.91 Å². The van der Waals surface area contributed by atoms with Crippen LogP contribution in [0, 0.1) is 0 Å². The minimum Gasteiger partial charge on any atom is -0.508 e. The summed E-state index contributed by atoms with van der Waals surface area (Å²) in [5.74, 6) is -0.971. The number of aromatic hydroxyl groups is 3. The molecule has 1 amide bonds. The van der Waals surface area contributed by atoms with Crippen molar-refractivity contribution in [3.05, 3.63) is 35.9 Å². The molecule has 5 N–H and O–H groups in total. The average molecular weight is 258 g/mol. The molecule has 0 bridgehead atoms. The highest BCUT2D eigenvalue weighted by Crippen LogP contribution is 2.42. The van der Waals surface area contributed by atoms with Gasteiger partial charge in [0.2, 0.25) is 0 Å². The number of anilines is 3. The van der Waals surface area contributed by atoms with E-state index in [9.17, 15) is 20.1 Å². The van der Waals surface area contributed by atoms with Crippen LogP contribution in [0.25, 0.3) is 0 Å². The Morgan fingerprint density at radius 3 is 2.47 bits per heavy atom. The van der Waals surface area contributed by atoms with Crippen molar-refractivity contribution < 1.29 is 20.1 Å². The highest BCUT2D eigenvalue weighted by molar-refractivity contribution is 6.13. The molecule has 0 atom stereocenters. The predicted octanol–water partition coefficient (Wildman–Crippen LogP) is 2.11. The molecule has 0 saturated heterocycles. The van der Waals surface area contributed by atoms with Gasteiger partial charge in [-0.05, 0) is 12.1 Å². The second-order valence-electron chi connectivity index (χ2n) is 4.17. The Bertz CT molecular complexity index is 697. The Labute approximate surface area is 107 Å². The molecular formula is C13H10N2O4. The number of phenols is 3. The van der Waals surface area contributed by atoms with Crippen molar-refractivity contribution in [2.75, 3.05) is 10.6 Å². The minimum absolute atomic E-state index is 0.0941. The summed E-state index contributed by atoms with van der Waals surface area (Å²) in [6, 6.07) is 6.99. The van der Waals surface area contributed by atoms with Crippen LogP contribution in [0.3, 0.4) is 0 Å². The maximum absolute atomic E-state index is 12.0. The fourth-order valence-corrected chi connectivity index (χ4v) is 2.02. The number of benzene rings is 2. The molecule has 0 saturated carbocycles. The number of fused-ring (bicyclic) bond motifs is 2. The second-order valence-corrected chi connectivity index (χ2v) is 4.17. The van der Waals surface area contributed by atoms with Gasteiger partial charge in [-0.2, -0.15) is 0 Å². The van der Waals surface area contributed by atoms with E-state index in [-0.39, 0.29) is 34.2 Å². The van der Waals surface area contributed by atoms with Crippen LogP contribution < -0.4 is 10.6 Å². The maximum Gasteiger partial charge on any atom is 0.258 e. The zero-order chi connectivity index (χ0) is 13.6. The third-order valence-corrected chi connectivity index (χ3v) is 2.89. The zero-order valence-electron chi connectivity index (χ0n) is 9.64. The molecule has 19 heavy (non-hydrogen) atoms. The number of carbonyl (C=O) groups excluding carboxylic acids is 1. The lowest BCUT2D eigenvalue weighted by molar-refractivity contribution is 0.102. The lowest BCUT2D eigenvalue weighted by atomic mass is 10.1. The number of hydrogen-bond donors (Lipinski definition) is 5. The van der Waals surface area contributed by atoms with Gasteiger partial charge < -0.3 is 26.0 Å². The van der Waals surface area contributed by atoms with Gasteiger partial charge in [0.15, 0.2) is 0 Å². The van der Waals surface area contributed by atoms with Gasteiger partial charge in [0, 0.05) is 12.1 Å². The summed E-state index contributed by atoms with van der Waals surface area (Å²) in [5, 5.41) is 34.4. The summed E-state index contributed by atoms with van der Waals surface area (Å²) in [5.41, 5.74) is 0.920. The highest BCUT2D eigenvalue weighted by Gasteiger charge is 2.23. The molecule has 0 aliphatic carbocycles. The topological polar surface area (TPSA) is 102 Å². The van der Waals surface area contributed by atoms with Crippen molar-refractivity contribution in [1.82, 2.24) is 0 Å². The molecule has 0 aromatic heterocycles. The lowest BCUT2D eigenvalue weighted by Crippen LogP contribution is -2.10. The van der Waals surface area contributed by atoms with E-state index >= 15 is 0 Å². The summed E-state index contributed by atoms with van der Waals surface area (Å²) in [7, 11) is 0. The van der Waals surface area contributed by atoms with Crippen molar-refractivity contribution in [3.63, 3.8) is 0 Å². The molecule has 6 nitrogen and oxygen atoms in total. The summed E-state index contributed by atoms with van der Waals surface area (Å²) < 4.78 is 0. The van der Waals surface area contributed by atoms with Gasteiger partial charge in [-0.15, -0.1) is 0 Å². The highest BCUT2D eigenvalue weighted by atomic mass is 16.3. The first kappa shape index (κ1) is 11.2. The van der Waals surface area contributed by atoms with Crippen LogP contribution in [0.2, 0.25) is 0 Å². The SMILES string of the molecule is O=C1Nc2c(O)cc(O)cc2Nc2c(O)cccc21. The summed E-state index contributed by atoms with van der Waals surface area (Å²) in [6.45, 7) is 0. The van der Waals surface area contributed by atoms with E-state index in [0.717, 1.165) is 6.07 Å². The van der Waals surface area contributed by atoms with Gasteiger partial charge in [0.1, 0.15) is 22.9 Å². The number of rotatable bonds is 0. The quantitative estimate of drug-likeness (QED) is 0.368. The fourth-order valence-electron chi connectivity index (χ4n) is 2.02. The van der Waals surface area contributed by atoms with Crippen molar-refractivity contribution in [1.29, 1.82) is 0 Å². The lowest BCUT2D eigenvalue weighted by Gasteiger charge is -2.11. The van der Waals surface area contributed by atoms with Crippen molar-refractivity contribution >= 4 is 23.0 Å². The Kier molecular flexibility index (Phi) is 2.25. The van der Waals surface area contributed by atoms with E-state index in [1.165, 1.54) is 12.1 Å². The summed E-state index contributed by atoms with van der Waals surface area (Å²) >= 11 is 0. The average Bonchev–Trinajstić information content (AvgIpc) is 2.48. The van der Waals surface area contributed by atoms with Crippen molar-refractivity contribution in [2.24, 2.45) is 0 Å². The monoisotopic (exact) mass is 258 g/mol. The first-order valence-electron chi connectivity index (χ1n) is 5.52. The van der Waals surface area contributed by atoms with E-state index in [1.807, 2.05) is 0 Å². The van der Waals surface area contributed by atoms with Crippen LogP contribution in [0.15, 0.2) is 30.3 Å². The number of carbonyl (C=O) groups is 1. The van der Waals surface area contributed by atoms with Crippen LogP contribution in [0.1, 0.15) is 10.4 Å². The largest absolute Gasteiger partial charge is 0.508 e. The molecule has 1 aliphatic heterocycles. The fraction of sp³-hybridized carbons (Fsp3) is 0. The third-order valence-electron chi connectivity index (χ3n) is 2.89. The van der Waals surface area contributed by atoms with Crippen LogP contribution >= 0.6 is 0 Å². The molecule has 96 valence electrons. The first-order valence-corrected chi connectivity index (χ1v) is 5.52. The molecule has 2 aromatic carbocycles. The summed E-state index contributed by atoms with van der Waals surface area (Å²) in [4.78, 5) is 12.0. The number of para-hydroxylation sites is 1. The van der Waals surface area contributed by atoms with Crippen molar-refractivity contribution in [2.45, 2.75) is 0 Å². The molecule has 3 rings (SSSR count). The Balaban J connectivity index is 2.25. The van der Waals surface area contributed by atoms with Gasteiger partial charge in [-0.3, -0.25) is 4.79 Å². The normalized spacial score (nSPS) is 12.7. The first-order chi connectivity index (χ1) is 9.06. The van der Waals surface area contributed by atoms with E-state index in [4.69, 9.17) is 0 Å². The molecule has 2 aromatic rings. The van der Waals surface area contributed by atoms with Crippen LogP contribution in [-0.4, -0.2) is 21.2 Å². The number of phenolic OH excluding ortho intramolecular Hbond substituents is 3. The predicted molar refractivity (Wildman–Crippen MR) is 69.1 cm³/mol. The van der Waals surface area contributed by atoms with E-state index in [2.05, 4.69) is 10.6 Å². The van der Waals surface area contributed by atoms with Crippen LogP contribution in [0.5, 0.6) is 17.2 Å². The Morgan fingerprint density at radius 1 is 0.895 bits per heavy atom. The Hall–Kier alpha value is -2.89. The minimum atomic E-state index is -0.460. The molecular weight excluding hydrogens is 248 g/mol. The molecule has 0 unspecified atom stereocenters. The van der Waals surface area contributed by atoms with E-state index in [0.29, 0.717) is 5.69 Å².